The third-order valence-electron chi connectivity index (χ3n) is 2.79. The molecule has 0 aromatic carbocycles. The predicted molar refractivity (Wildman–Crippen MR) is 76.1 cm³/mol. The van der Waals surface area contributed by atoms with Crippen LogP contribution in [0.2, 0.25) is 0 Å². The van der Waals surface area contributed by atoms with Crippen LogP contribution in [-0.4, -0.2) is 53.8 Å². The van der Waals surface area contributed by atoms with Crippen LogP contribution >= 0.6 is 0 Å². The van der Waals surface area contributed by atoms with Crippen LogP contribution in [0.1, 0.15) is 13.3 Å². The van der Waals surface area contributed by atoms with Gasteiger partial charge < -0.3 is 15.5 Å². The molecular formula is C13H23N5O2. The number of nitrogens with zero attached hydrogens (tertiary/aromatic N) is 3. The largest absolute Gasteiger partial charge is 0.349 e. The van der Waals surface area contributed by atoms with Crippen LogP contribution in [0.5, 0.6) is 0 Å². The zero-order chi connectivity index (χ0) is 15.0. The minimum atomic E-state index is -0.246. The van der Waals surface area contributed by atoms with Gasteiger partial charge in [-0.1, -0.05) is 6.92 Å². The molecule has 3 amide bonds. The number of hydrogen-bond donors (Lipinski definition) is 2. The molecule has 7 nitrogen and oxygen atoms in total. The van der Waals surface area contributed by atoms with Crippen LogP contribution in [0.15, 0.2) is 18.5 Å². The van der Waals surface area contributed by atoms with Gasteiger partial charge in [-0.2, -0.15) is 5.10 Å². The molecule has 1 atom stereocenters. The molecule has 0 aliphatic carbocycles. The number of aromatic nitrogens is 2. The maximum absolute atomic E-state index is 11.5. The summed E-state index contributed by atoms with van der Waals surface area (Å²) in [6.45, 7) is 3.70. The third kappa shape index (κ3) is 6.21. The van der Waals surface area contributed by atoms with Gasteiger partial charge in [0, 0.05) is 52.5 Å². The van der Waals surface area contributed by atoms with E-state index >= 15 is 0 Å². The van der Waals surface area contributed by atoms with Crippen LogP contribution in [0.4, 0.5) is 4.79 Å². The van der Waals surface area contributed by atoms with Gasteiger partial charge >= 0.3 is 6.03 Å². The molecule has 1 aromatic rings. The molecule has 0 spiro atoms. The van der Waals surface area contributed by atoms with E-state index in [9.17, 15) is 9.59 Å². The molecule has 0 fully saturated rings. The molecule has 1 heterocycles. The second-order valence-corrected chi connectivity index (χ2v) is 5.01. The SMILES string of the molecule is CC(CNC(=O)NCCC(=O)N(C)C)Cn1cccn1. The van der Waals surface area contributed by atoms with E-state index < -0.39 is 0 Å². The molecule has 1 unspecified atom stereocenters. The highest BCUT2D eigenvalue weighted by atomic mass is 16.2. The molecular weight excluding hydrogens is 258 g/mol. The van der Waals surface area contributed by atoms with E-state index in [4.69, 9.17) is 0 Å². The Hall–Kier alpha value is -2.05. The number of urea groups is 1. The normalized spacial score (nSPS) is 11.8. The fourth-order valence-electron chi connectivity index (χ4n) is 1.63. The topological polar surface area (TPSA) is 79.3 Å². The van der Waals surface area contributed by atoms with E-state index in [0.717, 1.165) is 6.54 Å². The number of carbonyl (C=O) groups excluding carboxylic acids is 2. The zero-order valence-corrected chi connectivity index (χ0v) is 12.3. The number of rotatable bonds is 7. The molecule has 1 aromatic heterocycles. The number of nitrogens with one attached hydrogen (secondary N) is 2. The minimum absolute atomic E-state index is 0.00245. The van der Waals surface area contributed by atoms with E-state index in [2.05, 4.69) is 15.7 Å². The highest BCUT2D eigenvalue weighted by Crippen LogP contribution is 1.97. The Bertz CT molecular complexity index is 416. The Morgan fingerprint density at radius 3 is 2.70 bits per heavy atom. The van der Waals surface area contributed by atoms with Crippen molar-refractivity contribution in [3.05, 3.63) is 18.5 Å². The molecule has 0 radical (unpaired) electrons. The standard InChI is InChI=1S/C13H23N5O2/c1-11(10-18-8-4-6-16-18)9-15-13(20)14-7-5-12(19)17(2)3/h4,6,8,11H,5,7,9-10H2,1-3H3,(H2,14,15,20). The Morgan fingerprint density at radius 1 is 1.35 bits per heavy atom. The molecule has 1 rings (SSSR count). The lowest BCUT2D eigenvalue weighted by molar-refractivity contribution is -0.128. The van der Waals surface area contributed by atoms with E-state index in [1.54, 1.807) is 20.3 Å². The average molecular weight is 281 g/mol. The fourth-order valence-corrected chi connectivity index (χ4v) is 1.63. The second-order valence-electron chi connectivity index (χ2n) is 5.01. The summed E-state index contributed by atoms with van der Waals surface area (Å²) >= 11 is 0. The highest BCUT2D eigenvalue weighted by Gasteiger charge is 2.07. The van der Waals surface area contributed by atoms with Crippen LogP contribution in [-0.2, 0) is 11.3 Å². The zero-order valence-electron chi connectivity index (χ0n) is 12.3. The van der Waals surface area contributed by atoms with Gasteiger partial charge in [-0.3, -0.25) is 9.48 Å². The van der Waals surface area contributed by atoms with Crippen molar-refractivity contribution in [3.63, 3.8) is 0 Å². The summed E-state index contributed by atoms with van der Waals surface area (Å²) in [5.41, 5.74) is 0. The van der Waals surface area contributed by atoms with Crippen molar-refractivity contribution in [1.29, 1.82) is 0 Å². The lowest BCUT2D eigenvalue weighted by Gasteiger charge is -2.14. The van der Waals surface area contributed by atoms with E-state index in [1.165, 1.54) is 4.90 Å². The van der Waals surface area contributed by atoms with Gasteiger partial charge in [0.15, 0.2) is 0 Å². The van der Waals surface area contributed by atoms with Gasteiger partial charge in [0.2, 0.25) is 5.91 Å². The van der Waals surface area contributed by atoms with Gasteiger partial charge in [-0.05, 0) is 12.0 Å². The van der Waals surface area contributed by atoms with E-state index in [0.29, 0.717) is 19.5 Å². The molecule has 0 bridgehead atoms. The summed E-state index contributed by atoms with van der Waals surface area (Å²) in [7, 11) is 3.39. The summed E-state index contributed by atoms with van der Waals surface area (Å²) in [5.74, 6) is 0.279. The average Bonchev–Trinajstić information content (AvgIpc) is 2.89. The maximum atomic E-state index is 11.5. The van der Waals surface area contributed by atoms with Gasteiger partial charge in [0.25, 0.3) is 0 Å². The minimum Gasteiger partial charge on any atom is -0.349 e. The van der Waals surface area contributed by atoms with Crippen molar-refractivity contribution in [2.45, 2.75) is 19.9 Å². The van der Waals surface area contributed by atoms with E-state index in [-0.39, 0.29) is 17.9 Å². The first kappa shape index (κ1) is 16.0. The molecule has 7 heteroatoms. The Morgan fingerprint density at radius 2 is 2.10 bits per heavy atom. The molecule has 0 saturated heterocycles. The first-order chi connectivity index (χ1) is 9.49. The summed E-state index contributed by atoms with van der Waals surface area (Å²) < 4.78 is 1.83. The van der Waals surface area contributed by atoms with Crippen molar-refractivity contribution >= 4 is 11.9 Å². The molecule has 2 N–H and O–H groups in total. The smallest absolute Gasteiger partial charge is 0.314 e. The summed E-state index contributed by atoms with van der Waals surface area (Å²) in [6, 6.07) is 1.62. The van der Waals surface area contributed by atoms with Crippen LogP contribution < -0.4 is 10.6 Å². The highest BCUT2D eigenvalue weighted by molar-refractivity contribution is 5.77. The van der Waals surface area contributed by atoms with Gasteiger partial charge in [0.05, 0.1) is 0 Å². The maximum Gasteiger partial charge on any atom is 0.314 e. The monoisotopic (exact) mass is 281 g/mol. The lowest BCUT2D eigenvalue weighted by Crippen LogP contribution is -2.40. The van der Waals surface area contributed by atoms with Crippen molar-refractivity contribution in [3.8, 4) is 0 Å². The molecule has 112 valence electrons. The van der Waals surface area contributed by atoms with Crippen LogP contribution in [0.3, 0.4) is 0 Å². The Balaban J connectivity index is 2.12. The Kier molecular flexibility index (Phi) is 6.55. The number of amides is 3. The second kappa shape index (κ2) is 8.19. The van der Waals surface area contributed by atoms with Gasteiger partial charge in [-0.25, -0.2) is 4.79 Å². The van der Waals surface area contributed by atoms with Crippen molar-refractivity contribution in [2.24, 2.45) is 5.92 Å². The van der Waals surface area contributed by atoms with Crippen molar-refractivity contribution < 1.29 is 9.59 Å². The first-order valence-electron chi connectivity index (χ1n) is 6.68. The summed E-state index contributed by atoms with van der Waals surface area (Å²) in [4.78, 5) is 24.4. The first-order valence-corrected chi connectivity index (χ1v) is 6.68. The summed E-state index contributed by atoms with van der Waals surface area (Å²) in [6.07, 6.45) is 3.93. The lowest BCUT2D eigenvalue weighted by atomic mass is 10.2. The number of hydrogen-bond acceptors (Lipinski definition) is 3. The van der Waals surface area contributed by atoms with Crippen LogP contribution in [0, 0.1) is 5.92 Å². The van der Waals surface area contributed by atoms with Crippen LogP contribution in [0.25, 0.3) is 0 Å². The van der Waals surface area contributed by atoms with Gasteiger partial charge in [0.1, 0.15) is 0 Å². The molecule has 0 aliphatic rings. The summed E-state index contributed by atoms with van der Waals surface area (Å²) in [5, 5.41) is 9.56. The fraction of sp³-hybridized carbons (Fsp3) is 0.615. The molecule has 0 aliphatic heterocycles. The van der Waals surface area contributed by atoms with Crippen molar-refractivity contribution in [2.75, 3.05) is 27.2 Å². The predicted octanol–water partition coefficient (Wildman–Crippen LogP) is 0.297. The van der Waals surface area contributed by atoms with Gasteiger partial charge in [-0.15, -0.1) is 0 Å². The Labute approximate surface area is 119 Å². The number of carbonyl (C=O) groups is 2. The molecule has 0 saturated carbocycles. The third-order valence-corrected chi connectivity index (χ3v) is 2.79. The molecule has 20 heavy (non-hydrogen) atoms. The van der Waals surface area contributed by atoms with Crippen molar-refractivity contribution in [1.82, 2.24) is 25.3 Å². The van der Waals surface area contributed by atoms with E-state index in [1.807, 2.05) is 23.9 Å². The quantitative estimate of drug-likeness (QED) is 0.754.